The van der Waals surface area contributed by atoms with Crippen molar-refractivity contribution in [3.63, 3.8) is 0 Å². The van der Waals surface area contributed by atoms with Gasteiger partial charge in [-0.1, -0.05) is 72.8 Å². The maximum atomic E-state index is 13.1. The fraction of sp³-hybridized carbons (Fsp3) is 0.273. The summed E-state index contributed by atoms with van der Waals surface area (Å²) in [6.45, 7) is 0. The first kappa shape index (κ1) is 16.6. The quantitative estimate of drug-likeness (QED) is 0.843. The average Bonchev–Trinajstić information content (AvgIpc) is 3.29. The topological polar surface area (TPSA) is 69.2 Å². The van der Waals surface area contributed by atoms with Gasteiger partial charge in [0.1, 0.15) is 0 Å². The Kier molecular flexibility index (Phi) is 4.33. The van der Waals surface area contributed by atoms with E-state index in [1.165, 1.54) is 0 Å². The van der Waals surface area contributed by atoms with Crippen molar-refractivity contribution in [1.82, 2.24) is 5.32 Å². The van der Waals surface area contributed by atoms with Crippen LogP contribution in [0.3, 0.4) is 0 Å². The first-order valence-corrected chi connectivity index (χ1v) is 8.94. The Hall–Kier alpha value is -2.88. The van der Waals surface area contributed by atoms with Gasteiger partial charge in [-0.3, -0.25) is 4.79 Å². The zero-order chi connectivity index (χ0) is 18.1. The van der Waals surface area contributed by atoms with Crippen LogP contribution in [0.2, 0.25) is 0 Å². The third-order valence-electron chi connectivity index (χ3n) is 5.59. The number of rotatable bonds is 5. The van der Waals surface area contributed by atoms with Crippen molar-refractivity contribution in [2.75, 3.05) is 0 Å². The molecular formula is C22H20NO3-. The average molecular weight is 346 g/mol. The van der Waals surface area contributed by atoms with Crippen molar-refractivity contribution in [3.8, 4) is 0 Å². The van der Waals surface area contributed by atoms with Crippen LogP contribution in [0.15, 0.2) is 72.8 Å². The summed E-state index contributed by atoms with van der Waals surface area (Å²) in [6.07, 6.45) is 4.62. The highest BCUT2D eigenvalue weighted by Crippen LogP contribution is 2.48. The summed E-state index contributed by atoms with van der Waals surface area (Å²) in [6, 6.07) is 19.1. The third-order valence-corrected chi connectivity index (χ3v) is 5.59. The Morgan fingerprint density at radius 1 is 0.846 bits per heavy atom. The predicted octanol–water partition coefficient (Wildman–Crippen LogP) is 2.08. The van der Waals surface area contributed by atoms with E-state index < -0.39 is 17.8 Å². The van der Waals surface area contributed by atoms with E-state index in [0.717, 1.165) is 17.5 Å². The van der Waals surface area contributed by atoms with E-state index in [9.17, 15) is 14.7 Å². The Morgan fingerprint density at radius 2 is 1.35 bits per heavy atom. The van der Waals surface area contributed by atoms with Crippen molar-refractivity contribution in [3.05, 3.63) is 83.9 Å². The minimum Gasteiger partial charge on any atom is -0.550 e. The van der Waals surface area contributed by atoms with Crippen molar-refractivity contribution >= 4 is 11.9 Å². The number of carboxylic acids is 1. The van der Waals surface area contributed by atoms with Gasteiger partial charge >= 0.3 is 0 Å². The molecule has 0 saturated heterocycles. The van der Waals surface area contributed by atoms with E-state index in [1.54, 1.807) is 0 Å². The second-order valence-electron chi connectivity index (χ2n) is 7.08. The van der Waals surface area contributed by atoms with Crippen LogP contribution in [0.25, 0.3) is 0 Å². The summed E-state index contributed by atoms with van der Waals surface area (Å²) >= 11 is 0. The number of allylic oxidation sites excluding steroid dienone is 2. The number of hydrogen-bond donors (Lipinski definition) is 1. The number of nitrogens with one attached hydrogen (secondary N) is 1. The van der Waals surface area contributed by atoms with E-state index in [-0.39, 0.29) is 23.8 Å². The van der Waals surface area contributed by atoms with Crippen LogP contribution in [0.1, 0.15) is 23.6 Å². The summed E-state index contributed by atoms with van der Waals surface area (Å²) in [7, 11) is 0. The molecule has 26 heavy (non-hydrogen) atoms. The first-order valence-electron chi connectivity index (χ1n) is 8.94. The summed E-state index contributed by atoms with van der Waals surface area (Å²) in [4.78, 5) is 24.7. The van der Waals surface area contributed by atoms with Crippen LogP contribution in [-0.2, 0) is 9.59 Å². The molecule has 0 heterocycles. The molecule has 1 N–H and O–H groups in total. The van der Waals surface area contributed by atoms with Crippen LogP contribution in [0.5, 0.6) is 0 Å². The summed E-state index contributed by atoms with van der Waals surface area (Å²) in [5, 5.41) is 14.7. The largest absolute Gasteiger partial charge is 0.550 e. The van der Waals surface area contributed by atoms with Gasteiger partial charge in [-0.25, -0.2) is 0 Å². The van der Waals surface area contributed by atoms with Crippen molar-refractivity contribution < 1.29 is 14.7 Å². The molecule has 1 fully saturated rings. The van der Waals surface area contributed by atoms with Crippen LogP contribution < -0.4 is 10.4 Å². The molecule has 4 heteroatoms. The third kappa shape index (κ3) is 2.92. The molecule has 4 atom stereocenters. The highest BCUT2D eigenvalue weighted by Gasteiger charge is 2.49. The number of aliphatic carboxylic acids is 1. The lowest BCUT2D eigenvalue weighted by Crippen LogP contribution is -2.45. The van der Waals surface area contributed by atoms with Crippen molar-refractivity contribution in [2.24, 2.45) is 23.7 Å². The van der Waals surface area contributed by atoms with E-state index in [0.29, 0.717) is 0 Å². The molecule has 0 spiro atoms. The Balaban J connectivity index is 1.63. The van der Waals surface area contributed by atoms with Crippen LogP contribution in [0.4, 0.5) is 0 Å². The molecule has 0 unspecified atom stereocenters. The summed E-state index contributed by atoms with van der Waals surface area (Å²) in [5.41, 5.74) is 1.94. The van der Waals surface area contributed by atoms with Crippen LogP contribution in [0, 0.1) is 23.7 Å². The molecule has 1 saturated carbocycles. The van der Waals surface area contributed by atoms with Crippen molar-refractivity contribution in [1.29, 1.82) is 0 Å². The molecule has 132 valence electrons. The molecule has 2 aromatic carbocycles. The van der Waals surface area contributed by atoms with Gasteiger partial charge in [0.05, 0.1) is 12.0 Å². The van der Waals surface area contributed by atoms with Crippen molar-refractivity contribution in [2.45, 2.75) is 12.5 Å². The second kappa shape index (κ2) is 6.79. The standard InChI is InChI=1S/C22H21NO3/c24-21(18-16-11-12-17(13-16)19(18)22(25)26)23-20(14-7-3-1-4-8-14)15-9-5-2-6-10-15/h1-12,16-20H,13H2,(H,23,24)(H,25,26)/p-1/t16-,17+,18+,19+/m1/s1. The van der Waals surface area contributed by atoms with Gasteiger partial charge in [0, 0.05) is 11.9 Å². The molecule has 1 amide bonds. The fourth-order valence-corrected chi connectivity index (χ4v) is 4.39. The number of carbonyl (C=O) groups excluding carboxylic acids is 2. The lowest BCUT2D eigenvalue weighted by molar-refractivity contribution is -0.313. The minimum atomic E-state index is -1.13. The SMILES string of the molecule is O=C(NC(c1ccccc1)c1ccccc1)[C@@H]1[C@@H](C(=O)[O-])[C@H]2C=C[C@@H]1C2. The van der Waals surface area contributed by atoms with Crippen LogP contribution >= 0.6 is 0 Å². The van der Waals surface area contributed by atoms with E-state index in [1.807, 2.05) is 72.8 Å². The molecule has 0 aliphatic heterocycles. The van der Waals surface area contributed by atoms with Gasteiger partial charge in [0.15, 0.2) is 0 Å². The lowest BCUT2D eigenvalue weighted by Gasteiger charge is -2.30. The monoisotopic (exact) mass is 346 g/mol. The Labute approximate surface area is 152 Å². The van der Waals surface area contributed by atoms with Gasteiger partial charge in [-0.05, 0) is 29.4 Å². The zero-order valence-electron chi connectivity index (χ0n) is 14.2. The molecule has 2 aliphatic carbocycles. The Morgan fingerprint density at radius 3 is 1.85 bits per heavy atom. The molecule has 4 rings (SSSR count). The number of fused-ring (bicyclic) bond motifs is 2. The number of carbonyl (C=O) groups is 2. The first-order chi connectivity index (χ1) is 12.6. The molecule has 2 bridgehead atoms. The fourth-order valence-electron chi connectivity index (χ4n) is 4.39. The predicted molar refractivity (Wildman–Crippen MR) is 95.6 cm³/mol. The Bertz CT molecular complexity index is 791. The highest BCUT2D eigenvalue weighted by molar-refractivity contribution is 5.86. The molecular weight excluding hydrogens is 326 g/mol. The maximum Gasteiger partial charge on any atom is 0.225 e. The lowest BCUT2D eigenvalue weighted by atomic mass is 9.82. The van der Waals surface area contributed by atoms with Gasteiger partial charge in [0.25, 0.3) is 0 Å². The number of amides is 1. The molecule has 2 aliphatic rings. The second-order valence-corrected chi connectivity index (χ2v) is 7.08. The molecule has 0 radical (unpaired) electrons. The molecule has 2 aromatic rings. The molecule has 0 aromatic heterocycles. The minimum absolute atomic E-state index is 0.0184. The molecule has 4 nitrogen and oxygen atoms in total. The highest BCUT2D eigenvalue weighted by atomic mass is 16.4. The number of benzene rings is 2. The number of carboxylic acid groups (broad SMARTS) is 1. The number of hydrogen-bond acceptors (Lipinski definition) is 3. The van der Waals surface area contributed by atoms with Gasteiger partial charge in [-0.2, -0.15) is 0 Å². The summed E-state index contributed by atoms with van der Waals surface area (Å²) in [5.74, 6) is -2.75. The van der Waals surface area contributed by atoms with Gasteiger partial charge in [0.2, 0.25) is 5.91 Å². The normalized spacial score (nSPS) is 26.2. The summed E-state index contributed by atoms with van der Waals surface area (Å²) < 4.78 is 0. The van der Waals surface area contributed by atoms with E-state index in [2.05, 4.69) is 5.32 Å². The van der Waals surface area contributed by atoms with Crippen LogP contribution in [-0.4, -0.2) is 11.9 Å². The van der Waals surface area contributed by atoms with Gasteiger partial charge < -0.3 is 15.2 Å². The van der Waals surface area contributed by atoms with E-state index in [4.69, 9.17) is 0 Å². The van der Waals surface area contributed by atoms with Gasteiger partial charge in [-0.15, -0.1) is 0 Å². The van der Waals surface area contributed by atoms with E-state index >= 15 is 0 Å². The zero-order valence-corrected chi connectivity index (χ0v) is 14.2. The maximum absolute atomic E-state index is 13.1. The smallest absolute Gasteiger partial charge is 0.225 e.